The summed E-state index contributed by atoms with van der Waals surface area (Å²) in [4.78, 5) is 4.35. The number of rotatable bonds is 4. The SMILES string of the molecule is CN1CCCC(NC2=CN(C)[C@@H](c3ccc(C4CC4)cc3O)N=N2)C1. The van der Waals surface area contributed by atoms with Crippen molar-refractivity contribution in [3.05, 3.63) is 41.3 Å². The summed E-state index contributed by atoms with van der Waals surface area (Å²) in [5.41, 5.74) is 2.04. The largest absolute Gasteiger partial charge is 0.508 e. The smallest absolute Gasteiger partial charge is 0.171 e. The van der Waals surface area contributed by atoms with Crippen LogP contribution in [0.4, 0.5) is 0 Å². The van der Waals surface area contributed by atoms with Gasteiger partial charge >= 0.3 is 0 Å². The Kier molecular flexibility index (Phi) is 4.37. The molecule has 0 bridgehead atoms. The molecule has 2 aliphatic heterocycles. The Labute approximate surface area is 149 Å². The Morgan fingerprint density at radius 1 is 1.20 bits per heavy atom. The van der Waals surface area contributed by atoms with E-state index < -0.39 is 0 Å². The van der Waals surface area contributed by atoms with Crippen LogP contribution in [0.25, 0.3) is 0 Å². The molecule has 2 atom stereocenters. The van der Waals surface area contributed by atoms with Crippen molar-refractivity contribution < 1.29 is 5.11 Å². The van der Waals surface area contributed by atoms with Crippen LogP contribution in [0.1, 0.15) is 48.9 Å². The summed E-state index contributed by atoms with van der Waals surface area (Å²) >= 11 is 0. The molecule has 1 saturated carbocycles. The molecule has 6 heteroatoms. The number of nitrogens with zero attached hydrogens (tertiary/aromatic N) is 4. The molecular weight excluding hydrogens is 314 g/mol. The number of benzene rings is 1. The average Bonchev–Trinajstić information content (AvgIpc) is 3.41. The van der Waals surface area contributed by atoms with Gasteiger partial charge in [-0.1, -0.05) is 12.1 Å². The van der Waals surface area contributed by atoms with Crippen LogP contribution >= 0.6 is 0 Å². The van der Waals surface area contributed by atoms with Gasteiger partial charge in [-0.25, -0.2) is 0 Å². The first-order valence-corrected chi connectivity index (χ1v) is 9.22. The number of likely N-dealkylation sites (N-methyl/N-ethyl adjacent to an activating group) is 1. The third-order valence-electron chi connectivity index (χ3n) is 5.34. The maximum absolute atomic E-state index is 10.4. The van der Waals surface area contributed by atoms with Crippen LogP contribution in [-0.4, -0.2) is 48.1 Å². The number of hydrogen-bond acceptors (Lipinski definition) is 6. The molecule has 3 aliphatic rings. The number of nitrogens with one attached hydrogen (secondary N) is 1. The molecule has 4 rings (SSSR count). The number of phenolic OH excluding ortho intramolecular Hbond substituents is 1. The van der Waals surface area contributed by atoms with E-state index in [0.717, 1.165) is 30.9 Å². The van der Waals surface area contributed by atoms with Gasteiger partial charge in [-0.05, 0) is 56.8 Å². The number of azo groups is 1. The van der Waals surface area contributed by atoms with Crippen LogP contribution in [0.2, 0.25) is 0 Å². The highest BCUT2D eigenvalue weighted by molar-refractivity contribution is 5.41. The van der Waals surface area contributed by atoms with Crippen molar-refractivity contribution in [2.24, 2.45) is 10.2 Å². The third-order valence-corrected chi connectivity index (χ3v) is 5.34. The fraction of sp³-hybridized carbons (Fsp3) is 0.579. The van der Waals surface area contributed by atoms with E-state index in [9.17, 15) is 5.11 Å². The number of phenols is 1. The van der Waals surface area contributed by atoms with Crippen molar-refractivity contribution in [1.82, 2.24) is 15.1 Å². The van der Waals surface area contributed by atoms with E-state index in [0.29, 0.717) is 17.7 Å². The zero-order chi connectivity index (χ0) is 17.4. The lowest BCUT2D eigenvalue weighted by atomic mass is 10.0. The molecule has 2 fully saturated rings. The Morgan fingerprint density at radius 2 is 2.04 bits per heavy atom. The van der Waals surface area contributed by atoms with Crippen LogP contribution in [0.15, 0.2) is 40.4 Å². The van der Waals surface area contributed by atoms with Gasteiger partial charge in [0, 0.05) is 31.4 Å². The summed E-state index contributed by atoms with van der Waals surface area (Å²) in [5, 5.41) is 22.7. The van der Waals surface area contributed by atoms with Crippen molar-refractivity contribution in [2.75, 3.05) is 27.2 Å². The van der Waals surface area contributed by atoms with Crippen molar-refractivity contribution >= 4 is 0 Å². The van der Waals surface area contributed by atoms with Crippen LogP contribution in [0.5, 0.6) is 5.75 Å². The minimum Gasteiger partial charge on any atom is -0.508 e. The van der Waals surface area contributed by atoms with E-state index in [1.54, 1.807) is 0 Å². The summed E-state index contributed by atoms with van der Waals surface area (Å²) in [6.45, 7) is 2.19. The van der Waals surface area contributed by atoms with Crippen molar-refractivity contribution in [3.8, 4) is 5.75 Å². The molecule has 1 unspecified atom stereocenters. The van der Waals surface area contributed by atoms with Crippen LogP contribution in [0, 0.1) is 0 Å². The molecule has 0 amide bonds. The van der Waals surface area contributed by atoms with Gasteiger partial charge in [0.1, 0.15) is 5.75 Å². The monoisotopic (exact) mass is 341 g/mol. The normalized spacial score (nSPS) is 27.3. The number of piperidine rings is 1. The van der Waals surface area contributed by atoms with E-state index in [1.165, 1.54) is 24.8 Å². The average molecular weight is 341 g/mol. The Balaban J connectivity index is 1.44. The van der Waals surface area contributed by atoms with Crippen LogP contribution < -0.4 is 5.32 Å². The van der Waals surface area contributed by atoms with Gasteiger partial charge in [-0.15, -0.1) is 5.11 Å². The van der Waals surface area contributed by atoms with E-state index in [2.05, 4.69) is 33.6 Å². The summed E-state index contributed by atoms with van der Waals surface area (Å²) in [7, 11) is 4.13. The van der Waals surface area contributed by atoms with E-state index in [1.807, 2.05) is 30.3 Å². The number of hydrogen-bond donors (Lipinski definition) is 2. The van der Waals surface area contributed by atoms with Gasteiger partial charge in [0.15, 0.2) is 12.0 Å². The summed E-state index contributed by atoms with van der Waals surface area (Å²) in [6.07, 6.45) is 6.55. The summed E-state index contributed by atoms with van der Waals surface area (Å²) in [5.74, 6) is 1.75. The second-order valence-electron chi connectivity index (χ2n) is 7.61. The molecule has 25 heavy (non-hydrogen) atoms. The lowest BCUT2D eigenvalue weighted by Crippen LogP contribution is -2.43. The molecule has 1 saturated heterocycles. The maximum atomic E-state index is 10.4. The lowest BCUT2D eigenvalue weighted by Gasteiger charge is -2.32. The second kappa shape index (κ2) is 6.67. The molecule has 1 aromatic carbocycles. The predicted molar refractivity (Wildman–Crippen MR) is 97.2 cm³/mol. The molecule has 0 radical (unpaired) electrons. The standard InChI is InChI=1S/C19H27N5O/c1-23-9-3-4-15(11-23)20-18-12-24(2)19(22-21-18)16-8-7-14(10-17(16)25)13-5-6-13/h7-8,10,12-13,15,19-20,25H,3-6,9,11H2,1-2H3/t15?,19-/m0/s1. The first-order valence-electron chi connectivity index (χ1n) is 9.22. The quantitative estimate of drug-likeness (QED) is 0.883. The first kappa shape index (κ1) is 16.4. The molecule has 0 aromatic heterocycles. The predicted octanol–water partition coefficient (Wildman–Crippen LogP) is 3.15. The molecule has 2 N–H and O–H groups in total. The minimum absolute atomic E-state index is 0.271. The van der Waals surface area contributed by atoms with E-state index >= 15 is 0 Å². The molecule has 2 heterocycles. The van der Waals surface area contributed by atoms with Crippen molar-refractivity contribution in [2.45, 2.75) is 43.8 Å². The summed E-state index contributed by atoms with van der Waals surface area (Å²) < 4.78 is 0. The second-order valence-corrected chi connectivity index (χ2v) is 7.61. The van der Waals surface area contributed by atoms with Gasteiger partial charge in [-0.2, -0.15) is 5.11 Å². The highest BCUT2D eigenvalue weighted by Gasteiger charge is 2.27. The molecule has 0 spiro atoms. The Hall–Kier alpha value is -2.08. The highest BCUT2D eigenvalue weighted by atomic mass is 16.3. The maximum Gasteiger partial charge on any atom is 0.171 e. The highest BCUT2D eigenvalue weighted by Crippen LogP contribution is 2.43. The zero-order valence-electron chi connectivity index (χ0n) is 15.0. The van der Waals surface area contributed by atoms with Crippen LogP contribution in [-0.2, 0) is 0 Å². The Morgan fingerprint density at radius 3 is 2.72 bits per heavy atom. The van der Waals surface area contributed by atoms with Gasteiger partial charge in [0.25, 0.3) is 0 Å². The van der Waals surface area contributed by atoms with Gasteiger partial charge in [-0.3, -0.25) is 0 Å². The fourth-order valence-corrected chi connectivity index (χ4v) is 3.78. The summed E-state index contributed by atoms with van der Waals surface area (Å²) in [6, 6.07) is 6.42. The van der Waals surface area contributed by atoms with Gasteiger partial charge in [0.05, 0.1) is 0 Å². The van der Waals surface area contributed by atoms with Gasteiger partial charge < -0.3 is 20.2 Å². The third kappa shape index (κ3) is 3.63. The fourth-order valence-electron chi connectivity index (χ4n) is 3.78. The minimum atomic E-state index is -0.271. The molecule has 1 aromatic rings. The van der Waals surface area contributed by atoms with Crippen molar-refractivity contribution in [3.63, 3.8) is 0 Å². The van der Waals surface area contributed by atoms with Crippen molar-refractivity contribution in [1.29, 1.82) is 0 Å². The molecule has 134 valence electrons. The number of likely N-dealkylation sites (tertiary alicyclic amines) is 1. The van der Waals surface area contributed by atoms with Gasteiger partial charge in [0.2, 0.25) is 0 Å². The molecule has 1 aliphatic carbocycles. The number of aromatic hydroxyl groups is 1. The van der Waals surface area contributed by atoms with E-state index in [4.69, 9.17) is 0 Å². The molecular formula is C19H27N5O. The first-order chi connectivity index (χ1) is 12.1. The van der Waals surface area contributed by atoms with Crippen LogP contribution in [0.3, 0.4) is 0 Å². The Bertz CT molecular complexity index is 697. The van der Waals surface area contributed by atoms with E-state index in [-0.39, 0.29) is 6.17 Å². The zero-order valence-corrected chi connectivity index (χ0v) is 15.0. The topological polar surface area (TPSA) is 63.5 Å². The lowest BCUT2D eigenvalue weighted by molar-refractivity contribution is 0.230. The molecule has 6 nitrogen and oxygen atoms in total.